The minimum atomic E-state index is -0.0531. The Morgan fingerprint density at radius 2 is 2.08 bits per heavy atom. The Kier molecular flexibility index (Phi) is 3.02. The van der Waals surface area contributed by atoms with Crippen LogP contribution in [0.1, 0.15) is 35.7 Å². The van der Waals surface area contributed by atoms with Crippen molar-refractivity contribution >= 4 is 11.6 Å². The maximum absolute atomic E-state index is 12.2. The monoisotopic (exact) mass is 326 g/mol. The lowest BCUT2D eigenvalue weighted by molar-refractivity contribution is -0.116. The van der Waals surface area contributed by atoms with Gasteiger partial charge in [0.2, 0.25) is 12.7 Å². The number of nitrogens with zero attached hydrogens (tertiary/aromatic N) is 2. The second kappa shape index (κ2) is 5.24. The average molecular weight is 326 g/mol. The van der Waals surface area contributed by atoms with E-state index in [1.807, 2.05) is 12.1 Å². The summed E-state index contributed by atoms with van der Waals surface area (Å²) in [5.41, 5.74) is 3.96. The number of aromatic nitrogens is 2. The number of rotatable bonds is 1. The molecule has 2 N–H and O–H groups in total. The SMILES string of the molecule is O=C1CC(c2cc3n(n2)CCCNC3)c2cc3c(cc2N1)OCO3. The number of anilines is 1. The highest BCUT2D eigenvalue weighted by Crippen LogP contribution is 2.44. The van der Waals surface area contributed by atoms with Gasteiger partial charge in [0.1, 0.15) is 0 Å². The lowest BCUT2D eigenvalue weighted by atomic mass is 9.87. The van der Waals surface area contributed by atoms with Gasteiger partial charge in [-0.05, 0) is 30.7 Å². The molecule has 2 aromatic rings. The first-order valence-electron chi connectivity index (χ1n) is 8.29. The molecule has 1 aromatic heterocycles. The maximum atomic E-state index is 12.2. The average Bonchev–Trinajstić information content (AvgIpc) is 3.13. The summed E-state index contributed by atoms with van der Waals surface area (Å²) in [6.07, 6.45) is 1.46. The first-order chi connectivity index (χ1) is 11.8. The van der Waals surface area contributed by atoms with Gasteiger partial charge < -0.3 is 20.1 Å². The Balaban J connectivity index is 1.58. The number of carbonyl (C=O) groups excluding carboxylic acids is 1. The molecule has 124 valence electrons. The van der Waals surface area contributed by atoms with Crippen molar-refractivity contribution in [2.45, 2.75) is 31.8 Å². The fourth-order valence-corrected chi connectivity index (χ4v) is 3.67. The van der Waals surface area contributed by atoms with Crippen LogP contribution in [0.15, 0.2) is 18.2 Å². The summed E-state index contributed by atoms with van der Waals surface area (Å²) in [5, 5.41) is 11.1. The largest absolute Gasteiger partial charge is 0.454 e. The summed E-state index contributed by atoms with van der Waals surface area (Å²) in [6, 6.07) is 5.95. The summed E-state index contributed by atoms with van der Waals surface area (Å²) in [4.78, 5) is 12.2. The van der Waals surface area contributed by atoms with E-state index in [1.165, 1.54) is 5.69 Å². The van der Waals surface area contributed by atoms with Gasteiger partial charge in [0.25, 0.3) is 0 Å². The minimum Gasteiger partial charge on any atom is -0.454 e. The molecule has 1 atom stereocenters. The number of benzene rings is 1. The fraction of sp³-hybridized carbons (Fsp3) is 0.412. The number of carbonyl (C=O) groups is 1. The molecular weight excluding hydrogens is 308 g/mol. The molecule has 1 unspecified atom stereocenters. The van der Waals surface area contributed by atoms with Crippen LogP contribution < -0.4 is 20.1 Å². The number of hydrogen-bond donors (Lipinski definition) is 2. The molecule has 0 saturated heterocycles. The van der Waals surface area contributed by atoms with Crippen LogP contribution in [-0.4, -0.2) is 29.0 Å². The van der Waals surface area contributed by atoms with E-state index in [1.54, 1.807) is 0 Å². The summed E-state index contributed by atoms with van der Waals surface area (Å²) in [7, 11) is 0. The number of fused-ring (bicyclic) bond motifs is 3. The van der Waals surface area contributed by atoms with Crippen LogP contribution in [0.4, 0.5) is 5.69 Å². The van der Waals surface area contributed by atoms with E-state index in [4.69, 9.17) is 14.6 Å². The van der Waals surface area contributed by atoms with Gasteiger partial charge in [-0.15, -0.1) is 0 Å². The van der Waals surface area contributed by atoms with Gasteiger partial charge in [0.15, 0.2) is 11.5 Å². The molecule has 4 heterocycles. The van der Waals surface area contributed by atoms with E-state index in [9.17, 15) is 4.79 Å². The molecule has 0 fully saturated rings. The Bertz CT molecular complexity index is 806. The summed E-state index contributed by atoms with van der Waals surface area (Å²) >= 11 is 0. The zero-order chi connectivity index (χ0) is 16.1. The Morgan fingerprint density at radius 3 is 3.00 bits per heavy atom. The second-order valence-electron chi connectivity index (χ2n) is 6.41. The first kappa shape index (κ1) is 13.9. The molecule has 3 aliphatic heterocycles. The van der Waals surface area contributed by atoms with Gasteiger partial charge in [0, 0.05) is 37.2 Å². The summed E-state index contributed by atoms with van der Waals surface area (Å²) < 4.78 is 13.0. The van der Waals surface area contributed by atoms with E-state index in [0.717, 1.165) is 48.7 Å². The van der Waals surface area contributed by atoms with Gasteiger partial charge in [-0.1, -0.05) is 0 Å². The summed E-state index contributed by atoms with van der Waals surface area (Å²) in [5.74, 6) is 1.37. The van der Waals surface area contributed by atoms with Gasteiger partial charge in [0.05, 0.1) is 11.4 Å². The third-order valence-electron chi connectivity index (χ3n) is 4.85. The molecule has 0 bridgehead atoms. The normalized spacial score (nSPS) is 21.7. The predicted molar refractivity (Wildman–Crippen MR) is 86.2 cm³/mol. The molecule has 1 aromatic carbocycles. The van der Waals surface area contributed by atoms with Crippen LogP contribution in [0, 0.1) is 0 Å². The number of nitrogens with one attached hydrogen (secondary N) is 2. The number of hydrogen-bond acceptors (Lipinski definition) is 5. The van der Waals surface area contributed by atoms with Gasteiger partial charge in [-0.25, -0.2) is 0 Å². The fourth-order valence-electron chi connectivity index (χ4n) is 3.67. The quantitative estimate of drug-likeness (QED) is 0.832. The van der Waals surface area contributed by atoms with Crippen molar-refractivity contribution in [3.05, 3.63) is 35.2 Å². The van der Waals surface area contributed by atoms with E-state index in [0.29, 0.717) is 12.2 Å². The molecule has 0 spiro atoms. The van der Waals surface area contributed by atoms with Gasteiger partial charge in [-0.2, -0.15) is 5.10 Å². The van der Waals surface area contributed by atoms with Crippen molar-refractivity contribution in [1.29, 1.82) is 0 Å². The van der Waals surface area contributed by atoms with Crippen molar-refractivity contribution in [2.75, 3.05) is 18.7 Å². The van der Waals surface area contributed by atoms with Crippen molar-refractivity contribution < 1.29 is 14.3 Å². The molecular formula is C17H18N4O3. The highest BCUT2D eigenvalue weighted by Gasteiger charge is 2.31. The zero-order valence-electron chi connectivity index (χ0n) is 13.2. The third kappa shape index (κ3) is 2.16. The van der Waals surface area contributed by atoms with Crippen LogP contribution in [0.5, 0.6) is 11.5 Å². The van der Waals surface area contributed by atoms with Crippen LogP contribution in [0.25, 0.3) is 0 Å². The molecule has 0 radical (unpaired) electrons. The zero-order valence-corrected chi connectivity index (χ0v) is 13.2. The molecule has 3 aliphatic rings. The van der Waals surface area contributed by atoms with Crippen LogP contribution in [0.3, 0.4) is 0 Å². The standard InChI is InChI=1S/C17H18N4O3/c22-17-6-12(14-4-10-8-18-2-1-3-21(10)20-14)11-5-15-16(24-9-23-15)7-13(11)19-17/h4-5,7,12,18H,1-3,6,8-9H2,(H,19,22). The van der Waals surface area contributed by atoms with Gasteiger partial charge >= 0.3 is 0 Å². The van der Waals surface area contributed by atoms with Crippen molar-refractivity contribution in [3.8, 4) is 11.5 Å². The number of ether oxygens (including phenoxy) is 2. The Hall–Kier alpha value is -2.54. The molecule has 1 amide bonds. The number of aryl methyl sites for hydroxylation is 1. The molecule has 7 nitrogen and oxygen atoms in total. The second-order valence-corrected chi connectivity index (χ2v) is 6.41. The van der Waals surface area contributed by atoms with E-state index < -0.39 is 0 Å². The maximum Gasteiger partial charge on any atom is 0.231 e. The van der Waals surface area contributed by atoms with Gasteiger partial charge in [-0.3, -0.25) is 9.48 Å². The smallest absolute Gasteiger partial charge is 0.231 e. The van der Waals surface area contributed by atoms with Crippen LogP contribution >= 0.6 is 0 Å². The summed E-state index contributed by atoms with van der Waals surface area (Å²) in [6.45, 7) is 2.97. The first-order valence-corrected chi connectivity index (χ1v) is 8.29. The molecule has 0 aliphatic carbocycles. The highest BCUT2D eigenvalue weighted by molar-refractivity contribution is 5.95. The van der Waals surface area contributed by atoms with Crippen molar-refractivity contribution in [1.82, 2.24) is 15.1 Å². The topological polar surface area (TPSA) is 77.4 Å². The molecule has 24 heavy (non-hydrogen) atoms. The van der Waals surface area contributed by atoms with E-state index in [2.05, 4.69) is 21.4 Å². The van der Waals surface area contributed by atoms with Crippen molar-refractivity contribution in [2.24, 2.45) is 0 Å². The Morgan fingerprint density at radius 1 is 1.21 bits per heavy atom. The third-order valence-corrected chi connectivity index (χ3v) is 4.85. The molecule has 7 heteroatoms. The predicted octanol–water partition coefficient (Wildman–Crippen LogP) is 1.58. The number of amides is 1. The molecule has 5 rings (SSSR count). The lowest BCUT2D eigenvalue weighted by Gasteiger charge is -2.24. The van der Waals surface area contributed by atoms with Crippen LogP contribution in [-0.2, 0) is 17.9 Å². The van der Waals surface area contributed by atoms with E-state index in [-0.39, 0.29) is 18.6 Å². The highest BCUT2D eigenvalue weighted by atomic mass is 16.7. The van der Waals surface area contributed by atoms with Crippen molar-refractivity contribution in [3.63, 3.8) is 0 Å². The van der Waals surface area contributed by atoms with Crippen LogP contribution in [0.2, 0.25) is 0 Å². The minimum absolute atomic E-state index is 0.00712. The Labute approximate surface area is 138 Å². The van der Waals surface area contributed by atoms with E-state index >= 15 is 0 Å². The lowest BCUT2D eigenvalue weighted by Crippen LogP contribution is -2.24. The molecule has 0 saturated carbocycles.